The van der Waals surface area contributed by atoms with Crippen molar-refractivity contribution in [3.8, 4) is 11.1 Å². The van der Waals surface area contributed by atoms with Gasteiger partial charge < -0.3 is 10.2 Å². The van der Waals surface area contributed by atoms with Crippen LogP contribution in [0.15, 0.2) is 103 Å². The molecule has 5 heteroatoms. The largest absolute Gasteiger partial charge is 0.322 e. The molecule has 0 saturated heterocycles. The average Bonchev–Trinajstić information content (AvgIpc) is 3.23. The van der Waals surface area contributed by atoms with Crippen molar-refractivity contribution in [2.24, 2.45) is 5.41 Å². The van der Waals surface area contributed by atoms with Crippen molar-refractivity contribution >= 4 is 29.0 Å². The summed E-state index contributed by atoms with van der Waals surface area (Å²) in [6.45, 7) is 0.510. The van der Waals surface area contributed by atoms with E-state index in [1.165, 1.54) is 0 Å². The van der Waals surface area contributed by atoms with E-state index in [9.17, 15) is 14.4 Å². The third-order valence-corrected chi connectivity index (χ3v) is 8.17. The average molecular weight is 515 g/mol. The van der Waals surface area contributed by atoms with Crippen molar-refractivity contribution in [2.75, 3.05) is 16.8 Å². The van der Waals surface area contributed by atoms with Crippen LogP contribution in [-0.4, -0.2) is 24.1 Å². The molecule has 194 valence electrons. The summed E-state index contributed by atoms with van der Waals surface area (Å²) in [6.07, 6.45) is 3.84. The molecule has 0 aromatic heterocycles. The molecule has 1 N–H and O–H groups in total. The van der Waals surface area contributed by atoms with Crippen LogP contribution in [0.3, 0.4) is 0 Å². The first kappa shape index (κ1) is 24.8. The van der Waals surface area contributed by atoms with E-state index in [4.69, 9.17) is 0 Å². The predicted octanol–water partition coefficient (Wildman–Crippen LogP) is 6.94. The number of fused-ring (bicyclic) bond motifs is 1. The predicted molar refractivity (Wildman–Crippen MR) is 154 cm³/mol. The zero-order valence-electron chi connectivity index (χ0n) is 21.7. The molecular weight excluding hydrogens is 484 g/mol. The van der Waals surface area contributed by atoms with E-state index in [1.54, 1.807) is 24.3 Å². The van der Waals surface area contributed by atoms with E-state index in [0.29, 0.717) is 48.4 Å². The number of Topliss-reactive ketones (excluding diaryl/α,β-unsaturated/α-hetero) is 1. The maximum Gasteiger partial charge on any atom is 0.258 e. The fourth-order valence-corrected chi connectivity index (χ4v) is 6.08. The number of rotatable bonds is 4. The van der Waals surface area contributed by atoms with Crippen LogP contribution in [0.2, 0.25) is 0 Å². The van der Waals surface area contributed by atoms with E-state index < -0.39 is 0 Å². The Morgan fingerprint density at radius 1 is 0.769 bits per heavy atom. The van der Waals surface area contributed by atoms with Crippen LogP contribution in [0, 0.1) is 5.41 Å². The summed E-state index contributed by atoms with van der Waals surface area (Å²) in [6, 6.07) is 32.3. The van der Waals surface area contributed by atoms with Gasteiger partial charge in [0.25, 0.3) is 11.8 Å². The number of para-hydroxylation sites is 1. The number of benzene rings is 4. The van der Waals surface area contributed by atoms with Crippen LogP contribution in [0.25, 0.3) is 11.1 Å². The van der Waals surface area contributed by atoms with Crippen LogP contribution >= 0.6 is 0 Å². The first-order valence-electron chi connectivity index (χ1n) is 13.5. The van der Waals surface area contributed by atoms with Crippen molar-refractivity contribution in [2.45, 2.75) is 32.1 Å². The quantitative estimate of drug-likeness (QED) is 0.321. The minimum Gasteiger partial charge on any atom is -0.322 e. The highest BCUT2D eigenvalue weighted by Gasteiger charge is 2.44. The number of anilines is 2. The molecule has 39 heavy (non-hydrogen) atoms. The van der Waals surface area contributed by atoms with Gasteiger partial charge in [0.2, 0.25) is 0 Å². The normalized spacial score (nSPS) is 18.5. The molecule has 6 rings (SSSR count). The summed E-state index contributed by atoms with van der Waals surface area (Å²) in [7, 11) is 0. The van der Waals surface area contributed by atoms with Gasteiger partial charge in [-0.3, -0.25) is 14.4 Å². The third-order valence-electron chi connectivity index (χ3n) is 8.17. The SMILES string of the molecule is O=C(Nc1ccc(C(=O)N2CCC3(CCCC3=O)Cc3ccccc32)cc1)c1ccccc1-c1ccccc1. The zero-order chi connectivity index (χ0) is 26.8. The molecule has 1 spiro atoms. The van der Waals surface area contributed by atoms with Gasteiger partial charge in [-0.05, 0) is 78.8 Å². The molecule has 2 amide bonds. The van der Waals surface area contributed by atoms with Crippen molar-refractivity contribution < 1.29 is 14.4 Å². The number of nitrogens with zero attached hydrogens (tertiary/aromatic N) is 1. The van der Waals surface area contributed by atoms with E-state index in [-0.39, 0.29) is 17.2 Å². The van der Waals surface area contributed by atoms with Gasteiger partial charge in [0, 0.05) is 40.9 Å². The van der Waals surface area contributed by atoms with Gasteiger partial charge in [0.15, 0.2) is 0 Å². The van der Waals surface area contributed by atoms with E-state index in [1.807, 2.05) is 83.8 Å². The van der Waals surface area contributed by atoms with Gasteiger partial charge in [-0.25, -0.2) is 0 Å². The molecular formula is C34H30N2O3. The minimum atomic E-state index is -0.352. The highest BCUT2D eigenvalue weighted by atomic mass is 16.2. The molecule has 1 atom stereocenters. The topological polar surface area (TPSA) is 66.5 Å². The summed E-state index contributed by atoms with van der Waals surface area (Å²) in [5.74, 6) is 0.0271. The second-order valence-electron chi connectivity index (χ2n) is 10.5. The third kappa shape index (κ3) is 4.76. The van der Waals surface area contributed by atoms with Crippen molar-refractivity contribution in [1.29, 1.82) is 0 Å². The molecule has 4 aromatic carbocycles. The first-order valence-corrected chi connectivity index (χ1v) is 13.5. The molecule has 1 fully saturated rings. The first-order chi connectivity index (χ1) is 19.0. The number of amides is 2. The Labute approximate surface area is 228 Å². The van der Waals surface area contributed by atoms with Crippen LogP contribution in [0.4, 0.5) is 11.4 Å². The van der Waals surface area contributed by atoms with Crippen LogP contribution < -0.4 is 10.2 Å². The summed E-state index contributed by atoms with van der Waals surface area (Å²) < 4.78 is 0. The molecule has 2 aliphatic rings. The van der Waals surface area contributed by atoms with Gasteiger partial charge in [-0.1, -0.05) is 66.7 Å². The second kappa shape index (κ2) is 10.3. The molecule has 1 heterocycles. The summed E-state index contributed by atoms with van der Waals surface area (Å²) in [5, 5.41) is 2.98. The Morgan fingerprint density at radius 3 is 2.26 bits per heavy atom. The monoisotopic (exact) mass is 514 g/mol. The van der Waals surface area contributed by atoms with Gasteiger partial charge in [-0.15, -0.1) is 0 Å². The van der Waals surface area contributed by atoms with Crippen molar-refractivity contribution in [1.82, 2.24) is 0 Å². The number of ketones is 1. The lowest BCUT2D eigenvalue weighted by Gasteiger charge is -2.26. The summed E-state index contributed by atoms with van der Waals surface area (Å²) >= 11 is 0. The molecule has 1 saturated carbocycles. The summed E-state index contributed by atoms with van der Waals surface area (Å²) in [4.78, 5) is 41.6. The maximum absolute atomic E-state index is 13.7. The van der Waals surface area contributed by atoms with Crippen LogP contribution in [0.5, 0.6) is 0 Å². The molecule has 4 aromatic rings. The molecule has 0 bridgehead atoms. The van der Waals surface area contributed by atoms with Gasteiger partial charge in [0.05, 0.1) is 0 Å². The van der Waals surface area contributed by atoms with Crippen LogP contribution in [-0.2, 0) is 11.2 Å². The Morgan fingerprint density at radius 2 is 1.49 bits per heavy atom. The van der Waals surface area contributed by atoms with Gasteiger partial charge in [0.1, 0.15) is 5.78 Å². The van der Waals surface area contributed by atoms with E-state index in [0.717, 1.165) is 35.2 Å². The number of hydrogen-bond acceptors (Lipinski definition) is 3. The Balaban J connectivity index is 1.21. The Bertz CT molecular complexity index is 1540. The smallest absolute Gasteiger partial charge is 0.258 e. The van der Waals surface area contributed by atoms with Crippen molar-refractivity contribution in [3.63, 3.8) is 0 Å². The fraction of sp³-hybridized carbons (Fsp3) is 0.206. The maximum atomic E-state index is 13.7. The van der Waals surface area contributed by atoms with Crippen LogP contribution in [0.1, 0.15) is 52.0 Å². The number of carbonyl (C=O) groups is 3. The standard InChI is InChI=1S/C34H30N2O3/c37-31-15-8-20-34(31)21-22-36(30-14-7-4-11-26(30)23-34)33(39)25-16-18-27(19-17-25)35-32(38)29-13-6-5-12-28(29)24-9-2-1-3-10-24/h1-7,9-14,16-19H,8,15,20-23H2,(H,35,38). The lowest BCUT2D eigenvalue weighted by Crippen LogP contribution is -2.34. The molecule has 1 aliphatic heterocycles. The van der Waals surface area contributed by atoms with E-state index in [2.05, 4.69) is 5.32 Å². The van der Waals surface area contributed by atoms with Gasteiger partial charge >= 0.3 is 0 Å². The molecule has 5 nitrogen and oxygen atoms in total. The Kier molecular flexibility index (Phi) is 6.57. The zero-order valence-corrected chi connectivity index (χ0v) is 21.7. The fourth-order valence-electron chi connectivity index (χ4n) is 6.08. The Hall–Kier alpha value is -4.51. The van der Waals surface area contributed by atoms with Gasteiger partial charge in [-0.2, -0.15) is 0 Å². The number of hydrogen-bond donors (Lipinski definition) is 1. The number of carbonyl (C=O) groups excluding carboxylic acids is 3. The highest BCUT2D eigenvalue weighted by molar-refractivity contribution is 6.10. The van der Waals surface area contributed by atoms with E-state index >= 15 is 0 Å². The van der Waals surface area contributed by atoms with Crippen molar-refractivity contribution in [3.05, 3.63) is 120 Å². The highest BCUT2D eigenvalue weighted by Crippen LogP contribution is 2.45. The molecule has 1 unspecified atom stereocenters. The summed E-state index contributed by atoms with van der Waals surface area (Å²) in [5.41, 5.74) is 5.17. The molecule has 1 aliphatic carbocycles. The lowest BCUT2D eigenvalue weighted by atomic mass is 9.77. The molecule has 0 radical (unpaired) electrons. The lowest BCUT2D eigenvalue weighted by molar-refractivity contribution is -0.126. The minimum absolute atomic E-state index is 0.0998. The second-order valence-corrected chi connectivity index (χ2v) is 10.5. The number of nitrogens with one attached hydrogen (secondary N) is 1.